The van der Waals surface area contributed by atoms with E-state index >= 15 is 0 Å². The van der Waals surface area contributed by atoms with Gasteiger partial charge in [0.15, 0.2) is 5.78 Å². The van der Waals surface area contributed by atoms with Crippen LogP contribution in [-0.2, 0) is 6.42 Å². The molecule has 0 radical (unpaired) electrons. The normalized spacial score (nSPS) is 15.9. The van der Waals surface area contributed by atoms with Crippen LogP contribution in [0.4, 0.5) is 0 Å². The van der Waals surface area contributed by atoms with Gasteiger partial charge in [0.05, 0.1) is 0 Å². The number of hydrogen-bond donors (Lipinski definition) is 2. The quantitative estimate of drug-likeness (QED) is 0.792. The molecule has 0 atom stereocenters. The van der Waals surface area contributed by atoms with E-state index in [0.717, 1.165) is 50.3 Å². The Kier molecular flexibility index (Phi) is 5.99. The third kappa shape index (κ3) is 3.83. The summed E-state index contributed by atoms with van der Waals surface area (Å²) in [6, 6.07) is 0. The molecule has 1 aromatic rings. The van der Waals surface area contributed by atoms with Gasteiger partial charge >= 0.3 is 0 Å². The lowest BCUT2D eigenvalue weighted by Crippen LogP contribution is -2.41. The number of ketones is 1. The molecule has 1 aliphatic rings. The van der Waals surface area contributed by atoms with E-state index in [-0.39, 0.29) is 11.7 Å². The third-order valence-electron chi connectivity index (χ3n) is 4.80. The Bertz CT molecular complexity index is 569. The van der Waals surface area contributed by atoms with Crippen molar-refractivity contribution in [2.75, 3.05) is 26.2 Å². The lowest BCUT2D eigenvalue weighted by molar-refractivity contribution is 0.0684. The molecular formula is C18H29N3O2. The fourth-order valence-corrected chi connectivity index (χ4v) is 3.54. The molecule has 23 heavy (non-hydrogen) atoms. The van der Waals surface area contributed by atoms with E-state index in [1.54, 1.807) is 6.92 Å². The lowest BCUT2D eigenvalue weighted by atomic mass is 9.96. The maximum atomic E-state index is 12.9. The van der Waals surface area contributed by atoms with E-state index in [4.69, 9.17) is 0 Å². The van der Waals surface area contributed by atoms with Crippen LogP contribution < -0.4 is 5.32 Å². The number of aromatic nitrogens is 1. The highest BCUT2D eigenvalue weighted by molar-refractivity contribution is 6.02. The summed E-state index contributed by atoms with van der Waals surface area (Å²) < 4.78 is 0. The van der Waals surface area contributed by atoms with Crippen molar-refractivity contribution in [3.8, 4) is 0 Å². The van der Waals surface area contributed by atoms with Gasteiger partial charge in [-0.3, -0.25) is 9.59 Å². The lowest BCUT2D eigenvalue weighted by Gasteiger charge is -2.32. The van der Waals surface area contributed by atoms with Crippen molar-refractivity contribution >= 4 is 11.7 Å². The van der Waals surface area contributed by atoms with Gasteiger partial charge in [-0.1, -0.05) is 13.8 Å². The number of H-pyrrole nitrogens is 1. The molecule has 0 aromatic carbocycles. The maximum absolute atomic E-state index is 12.9. The topological polar surface area (TPSA) is 65.2 Å². The molecule has 5 heteroatoms. The summed E-state index contributed by atoms with van der Waals surface area (Å²) in [4.78, 5) is 29.8. The first-order valence-electron chi connectivity index (χ1n) is 8.71. The van der Waals surface area contributed by atoms with Gasteiger partial charge in [0, 0.05) is 24.3 Å². The first-order chi connectivity index (χ1) is 11.0. The van der Waals surface area contributed by atoms with E-state index in [1.807, 2.05) is 18.7 Å². The van der Waals surface area contributed by atoms with Gasteiger partial charge in [-0.05, 0) is 57.7 Å². The summed E-state index contributed by atoms with van der Waals surface area (Å²) in [7, 11) is 0. The number of aromatic amines is 1. The number of nitrogens with one attached hydrogen (secondary N) is 2. The second-order valence-electron chi connectivity index (χ2n) is 6.43. The van der Waals surface area contributed by atoms with Crippen molar-refractivity contribution < 1.29 is 9.59 Å². The zero-order valence-electron chi connectivity index (χ0n) is 14.8. The van der Waals surface area contributed by atoms with E-state index in [9.17, 15) is 9.59 Å². The monoisotopic (exact) mass is 319 g/mol. The molecule has 0 aliphatic carbocycles. The van der Waals surface area contributed by atoms with Crippen LogP contribution in [0.2, 0.25) is 0 Å². The summed E-state index contributed by atoms with van der Waals surface area (Å²) in [5.41, 5.74) is 2.98. The number of likely N-dealkylation sites (tertiary alicyclic amines) is 1. The molecule has 5 nitrogen and oxygen atoms in total. The van der Waals surface area contributed by atoms with Crippen LogP contribution in [0, 0.1) is 12.8 Å². The minimum atomic E-state index is 0.0269. The Morgan fingerprint density at radius 3 is 2.43 bits per heavy atom. The SMILES string of the molecule is CCNCC1CCN(C(=O)c2[nH]c(C)c(C(C)=O)c2CC)CC1. The Morgan fingerprint density at radius 2 is 1.91 bits per heavy atom. The fraction of sp³-hybridized carbons (Fsp3) is 0.667. The van der Waals surface area contributed by atoms with Gasteiger partial charge in [0.1, 0.15) is 5.69 Å². The predicted molar refractivity (Wildman–Crippen MR) is 92.1 cm³/mol. The average molecular weight is 319 g/mol. The second kappa shape index (κ2) is 7.77. The number of nitrogens with zero attached hydrogens (tertiary/aromatic N) is 1. The number of carbonyl (C=O) groups excluding carboxylic acids is 2. The smallest absolute Gasteiger partial charge is 0.270 e. The summed E-state index contributed by atoms with van der Waals surface area (Å²) in [6.07, 6.45) is 2.77. The van der Waals surface area contributed by atoms with Gasteiger partial charge in [0.25, 0.3) is 5.91 Å². The molecule has 1 saturated heterocycles. The molecule has 2 heterocycles. The molecule has 128 valence electrons. The number of rotatable bonds is 6. The van der Waals surface area contributed by atoms with E-state index in [2.05, 4.69) is 17.2 Å². The van der Waals surface area contributed by atoms with Gasteiger partial charge in [-0.15, -0.1) is 0 Å². The van der Waals surface area contributed by atoms with Crippen molar-refractivity contribution in [2.24, 2.45) is 5.92 Å². The van der Waals surface area contributed by atoms with Gasteiger partial charge in [-0.25, -0.2) is 0 Å². The molecule has 2 N–H and O–H groups in total. The zero-order valence-corrected chi connectivity index (χ0v) is 14.8. The Labute approximate surface area is 138 Å². The third-order valence-corrected chi connectivity index (χ3v) is 4.80. The number of aryl methyl sites for hydroxylation is 1. The molecule has 2 rings (SSSR count). The van der Waals surface area contributed by atoms with Crippen LogP contribution in [-0.4, -0.2) is 47.8 Å². The van der Waals surface area contributed by atoms with Crippen LogP contribution in [0.1, 0.15) is 65.7 Å². The molecular weight excluding hydrogens is 290 g/mol. The molecule has 1 aromatic heterocycles. The van der Waals surface area contributed by atoms with Crippen LogP contribution in [0.25, 0.3) is 0 Å². The highest BCUT2D eigenvalue weighted by Gasteiger charge is 2.28. The highest BCUT2D eigenvalue weighted by Crippen LogP contribution is 2.24. The van der Waals surface area contributed by atoms with Crippen molar-refractivity contribution in [1.29, 1.82) is 0 Å². The highest BCUT2D eigenvalue weighted by atomic mass is 16.2. The van der Waals surface area contributed by atoms with Gasteiger partial charge in [-0.2, -0.15) is 0 Å². The standard InChI is InChI=1S/C18H29N3O2/c1-5-15-16(13(4)22)12(3)20-17(15)18(23)21-9-7-14(8-10-21)11-19-6-2/h14,19-20H,5-11H2,1-4H3. The Balaban J connectivity index is 2.10. The second-order valence-corrected chi connectivity index (χ2v) is 6.43. The van der Waals surface area contributed by atoms with Crippen LogP contribution >= 0.6 is 0 Å². The minimum absolute atomic E-state index is 0.0269. The maximum Gasteiger partial charge on any atom is 0.270 e. The number of piperidine rings is 1. The van der Waals surface area contributed by atoms with Crippen molar-refractivity contribution in [1.82, 2.24) is 15.2 Å². The first-order valence-corrected chi connectivity index (χ1v) is 8.71. The van der Waals surface area contributed by atoms with Crippen molar-refractivity contribution in [2.45, 2.75) is 47.0 Å². The van der Waals surface area contributed by atoms with Crippen LogP contribution in [0.15, 0.2) is 0 Å². The summed E-state index contributed by atoms with van der Waals surface area (Å²) in [6.45, 7) is 11.2. The van der Waals surface area contributed by atoms with Gasteiger partial charge < -0.3 is 15.2 Å². The number of amides is 1. The van der Waals surface area contributed by atoms with Crippen LogP contribution in [0.3, 0.4) is 0 Å². The number of Topliss-reactive ketones (excluding diaryl/α,β-unsaturated/α-hetero) is 1. The Morgan fingerprint density at radius 1 is 1.26 bits per heavy atom. The number of hydrogen-bond acceptors (Lipinski definition) is 3. The summed E-state index contributed by atoms with van der Waals surface area (Å²) in [5.74, 6) is 0.723. The molecule has 1 amide bonds. The van der Waals surface area contributed by atoms with Crippen molar-refractivity contribution in [3.63, 3.8) is 0 Å². The molecule has 0 saturated carbocycles. The Hall–Kier alpha value is -1.62. The summed E-state index contributed by atoms with van der Waals surface area (Å²) >= 11 is 0. The molecule has 0 spiro atoms. The first kappa shape index (κ1) is 17.7. The molecule has 0 unspecified atom stereocenters. The number of carbonyl (C=O) groups is 2. The fourth-order valence-electron chi connectivity index (χ4n) is 3.54. The largest absolute Gasteiger partial charge is 0.354 e. The minimum Gasteiger partial charge on any atom is -0.354 e. The summed E-state index contributed by atoms with van der Waals surface area (Å²) in [5, 5.41) is 3.39. The predicted octanol–water partition coefficient (Wildman–Crippen LogP) is 2.55. The average Bonchev–Trinajstić information content (AvgIpc) is 2.89. The van der Waals surface area contributed by atoms with E-state index in [1.165, 1.54) is 0 Å². The molecule has 1 fully saturated rings. The molecule has 1 aliphatic heterocycles. The van der Waals surface area contributed by atoms with Crippen molar-refractivity contribution in [3.05, 3.63) is 22.5 Å². The van der Waals surface area contributed by atoms with Crippen LogP contribution in [0.5, 0.6) is 0 Å². The van der Waals surface area contributed by atoms with Gasteiger partial charge in [0.2, 0.25) is 0 Å². The van der Waals surface area contributed by atoms with E-state index in [0.29, 0.717) is 23.6 Å². The zero-order chi connectivity index (χ0) is 17.0. The van der Waals surface area contributed by atoms with E-state index < -0.39 is 0 Å². The molecule has 0 bridgehead atoms.